The lowest BCUT2D eigenvalue weighted by Crippen LogP contribution is -2.36. The molecule has 4 heterocycles. The molecule has 1 unspecified atom stereocenters. The van der Waals surface area contributed by atoms with Crippen LogP contribution < -0.4 is 10.2 Å². The van der Waals surface area contributed by atoms with Gasteiger partial charge in [0.2, 0.25) is 0 Å². The van der Waals surface area contributed by atoms with Gasteiger partial charge >= 0.3 is 0 Å². The van der Waals surface area contributed by atoms with Crippen LogP contribution in [0, 0.1) is 5.92 Å². The van der Waals surface area contributed by atoms with E-state index in [1.54, 1.807) is 18.6 Å². The molecule has 1 saturated heterocycles. The molecule has 1 aliphatic rings. The highest BCUT2D eigenvalue weighted by Crippen LogP contribution is 2.23. The second-order valence-electron chi connectivity index (χ2n) is 6.47. The molecule has 0 saturated carbocycles. The zero-order valence-corrected chi connectivity index (χ0v) is 14.5. The molecule has 0 amide bonds. The minimum atomic E-state index is 0.551. The van der Waals surface area contributed by atoms with Gasteiger partial charge in [0.15, 0.2) is 5.82 Å². The summed E-state index contributed by atoms with van der Waals surface area (Å²) >= 11 is 0. The Balaban J connectivity index is 1.36. The van der Waals surface area contributed by atoms with Crippen LogP contribution in [0.4, 0.5) is 17.5 Å². The molecule has 0 bridgehead atoms. The Hall–Kier alpha value is -3.09. The molecule has 0 aromatic carbocycles. The number of anilines is 3. The second kappa shape index (κ2) is 7.86. The molecule has 26 heavy (non-hydrogen) atoms. The third-order valence-corrected chi connectivity index (χ3v) is 4.53. The molecule has 1 aliphatic heterocycles. The number of rotatable bonds is 5. The average molecular weight is 347 g/mol. The Bertz CT molecular complexity index is 808. The van der Waals surface area contributed by atoms with Gasteiger partial charge in [0.1, 0.15) is 11.6 Å². The van der Waals surface area contributed by atoms with E-state index in [0.29, 0.717) is 11.7 Å². The van der Waals surface area contributed by atoms with Crippen molar-refractivity contribution < 1.29 is 0 Å². The van der Waals surface area contributed by atoms with Gasteiger partial charge in [-0.3, -0.25) is 4.98 Å². The van der Waals surface area contributed by atoms with E-state index in [0.717, 1.165) is 43.3 Å². The SMILES string of the molecule is c1ccc(Nc2ccc(CC3CCCN(c4cnccn4)C3)nn2)nc1. The molecule has 7 nitrogen and oxygen atoms in total. The molecule has 3 aromatic heterocycles. The maximum absolute atomic E-state index is 4.42. The summed E-state index contributed by atoms with van der Waals surface area (Å²) in [5.41, 5.74) is 1.02. The predicted octanol–water partition coefficient (Wildman–Crippen LogP) is 2.86. The number of nitrogens with zero attached hydrogens (tertiary/aromatic N) is 6. The molecule has 0 aliphatic carbocycles. The summed E-state index contributed by atoms with van der Waals surface area (Å²) in [5, 5.41) is 11.8. The lowest BCUT2D eigenvalue weighted by Gasteiger charge is -2.33. The van der Waals surface area contributed by atoms with Gasteiger partial charge in [-0.25, -0.2) is 9.97 Å². The Labute approximate surface area is 152 Å². The van der Waals surface area contributed by atoms with Crippen LogP contribution in [-0.2, 0) is 6.42 Å². The van der Waals surface area contributed by atoms with Gasteiger partial charge in [-0.05, 0) is 49.4 Å². The smallest absolute Gasteiger partial charge is 0.154 e. The van der Waals surface area contributed by atoms with Crippen molar-refractivity contribution in [2.75, 3.05) is 23.3 Å². The highest BCUT2D eigenvalue weighted by molar-refractivity contribution is 5.50. The second-order valence-corrected chi connectivity index (χ2v) is 6.47. The summed E-state index contributed by atoms with van der Waals surface area (Å²) in [6.45, 7) is 2.02. The van der Waals surface area contributed by atoms with Crippen molar-refractivity contribution in [1.82, 2.24) is 25.1 Å². The lowest BCUT2D eigenvalue weighted by molar-refractivity contribution is 0.407. The number of hydrogen-bond donors (Lipinski definition) is 1. The fourth-order valence-electron chi connectivity index (χ4n) is 3.29. The summed E-state index contributed by atoms with van der Waals surface area (Å²) in [7, 11) is 0. The number of nitrogens with one attached hydrogen (secondary N) is 1. The van der Waals surface area contributed by atoms with E-state index in [-0.39, 0.29) is 0 Å². The Kier molecular flexibility index (Phi) is 4.95. The van der Waals surface area contributed by atoms with Crippen LogP contribution in [0.3, 0.4) is 0 Å². The Morgan fingerprint density at radius 1 is 1.00 bits per heavy atom. The van der Waals surface area contributed by atoms with Gasteiger partial charge in [-0.15, -0.1) is 5.10 Å². The summed E-state index contributed by atoms with van der Waals surface area (Å²) in [5.74, 6) is 2.98. The van der Waals surface area contributed by atoms with Crippen LogP contribution in [0.25, 0.3) is 0 Å². The van der Waals surface area contributed by atoms with Gasteiger partial charge in [0, 0.05) is 31.7 Å². The van der Waals surface area contributed by atoms with Crippen molar-refractivity contribution in [3.8, 4) is 0 Å². The highest BCUT2D eigenvalue weighted by Gasteiger charge is 2.21. The van der Waals surface area contributed by atoms with E-state index < -0.39 is 0 Å². The maximum atomic E-state index is 4.42. The zero-order chi connectivity index (χ0) is 17.6. The van der Waals surface area contributed by atoms with E-state index in [1.165, 1.54) is 6.42 Å². The number of aromatic nitrogens is 5. The maximum Gasteiger partial charge on any atom is 0.154 e. The van der Waals surface area contributed by atoms with Crippen molar-refractivity contribution in [2.24, 2.45) is 5.92 Å². The first-order valence-electron chi connectivity index (χ1n) is 8.88. The van der Waals surface area contributed by atoms with E-state index in [9.17, 15) is 0 Å². The summed E-state index contributed by atoms with van der Waals surface area (Å²) in [4.78, 5) is 15.1. The first-order chi connectivity index (χ1) is 12.9. The molecule has 1 fully saturated rings. The first kappa shape index (κ1) is 16.4. The Morgan fingerprint density at radius 2 is 2.00 bits per heavy atom. The van der Waals surface area contributed by atoms with E-state index in [2.05, 4.69) is 35.4 Å². The Morgan fingerprint density at radius 3 is 2.77 bits per heavy atom. The number of hydrogen-bond acceptors (Lipinski definition) is 7. The van der Waals surface area contributed by atoms with Gasteiger partial charge < -0.3 is 10.2 Å². The van der Waals surface area contributed by atoms with Crippen molar-refractivity contribution in [3.63, 3.8) is 0 Å². The van der Waals surface area contributed by atoms with Gasteiger partial charge in [0.25, 0.3) is 0 Å². The van der Waals surface area contributed by atoms with E-state index in [1.807, 2.05) is 36.5 Å². The lowest BCUT2D eigenvalue weighted by atomic mass is 9.93. The fourth-order valence-corrected chi connectivity index (χ4v) is 3.29. The number of pyridine rings is 1. The quantitative estimate of drug-likeness (QED) is 0.760. The first-order valence-corrected chi connectivity index (χ1v) is 8.88. The largest absolute Gasteiger partial charge is 0.355 e. The molecule has 0 spiro atoms. The molecule has 0 radical (unpaired) electrons. The normalized spacial score (nSPS) is 17.1. The van der Waals surface area contributed by atoms with Crippen molar-refractivity contribution in [3.05, 3.63) is 60.8 Å². The monoisotopic (exact) mass is 347 g/mol. The standard InChI is InChI=1S/C19H21N7/c1-2-8-21-17(5-1)23-18-7-6-16(24-25-18)12-15-4-3-11-26(14-15)19-13-20-9-10-22-19/h1-2,5-10,13,15H,3-4,11-12,14H2,(H,21,23,25). The molecular formula is C19H21N7. The third kappa shape index (κ3) is 4.11. The minimum absolute atomic E-state index is 0.551. The summed E-state index contributed by atoms with van der Waals surface area (Å²) in [6, 6.07) is 9.72. The van der Waals surface area contributed by atoms with Crippen LogP contribution in [0.2, 0.25) is 0 Å². The minimum Gasteiger partial charge on any atom is -0.355 e. The van der Waals surface area contributed by atoms with Gasteiger partial charge in [-0.2, -0.15) is 5.10 Å². The molecule has 1 N–H and O–H groups in total. The van der Waals surface area contributed by atoms with Gasteiger partial charge in [-0.1, -0.05) is 6.07 Å². The molecule has 4 rings (SSSR count). The predicted molar refractivity (Wildman–Crippen MR) is 100 cm³/mol. The van der Waals surface area contributed by atoms with E-state index in [4.69, 9.17) is 0 Å². The van der Waals surface area contributed by atoms with Crippen LogP contribution in [-0.4, -0.2) is 38.2 Å². The van der Waals surface area contributed by atoms with Crippen LogP contribution in [0.1, 0.15) is 18.5 Å². The summed E-state index contributed by atoms with van der Waals surface area (Å²) < 4.78 is 0. The van der Waals surface area contributed by atoms with Crippen molar-refractivity contribution >= 4 is 17.5 Å². The van der Waals surface area contributed by atoms with Crippen LogP contribution in [0.15, 0.2) is 55.1 Å². The van der Waals surface area contributed by atoms with Crippen LogP contribution >= 0.6 is 0 Å². The molecule has 1 atom stereocenters. The van der Waals surface area contributed by atoms with Gasteiger partial charge in [0.05, 0.1) is 11.9 Å². The fraction of sp³-hybridized carbons (Fsp3) is 0.316. The van der Waals surface area contributed by atoms with E-state index >= 15 is 0 Å². The molecule has 3 aromatic rings. The average Bonchev–Trinajstić information content (AvgIpc) is 2.71. The molecule has 132 valence electrons. The molecule has 7 heteroatoms. The highest BCUT2D eigenvalue weighted by atomic mass is 15.2. The molecular weight excluding hydrogens is 326 g/mol. The van der Waals surface area contributed by atoms with Crippen molar-refractivity contribution in [2.45, 2.75) is 19.3 Å². The summed E-state index contributed by atoms with van der Waals surface area (Å²) in [6.07, 6.45) is 10.3. The number of piperidine rings is 1. The zero-order valence-electron chi connectivity index (χ0n) is 14.5. The topological polar surface area (TPSA) is 79.7 Å². The third-order valence-electron chi connectivity index (χ3n) is 4.53. The van der Waals surface area contributed by atoms with Crippen molar-refractivity contribution in [1.29, 1.82) is 0 Å². The van der Waals surface area contributed by atoms with Crippen LogP contribution in [0.5, 0.6) is 0 Å².